The highest BCUT2D eigenvalue weighted by Gasteiger charge is 2.13. The highest BCUT2D eigenvalue weighted by molar-refractivity contribution is 6.08. The van der Waals surface area contributed by atoms with Crippen LogP contribution in [-0.2, 0) is 0 Å². The maximum Gasteiger partial charge on any atom is 0.259 e. The minimum Gasteiger partial charge on any atom is -0.385 e. The first kappa shape index (κ1) is 14.5. The molecule has 0 aliphatic rings. The molecule has 0 spiro atoms. The molecule has 5 heteroatoms. The van der Waals surface area contributed by atoms with Crippen molar-refractivity contribution in [3.05, 3.63) is 53.3 Å². The molecule has 0 aliphatic carbocycles. The van der Waals surface area contributed by atoms with Gasteiger partial charge in [-0.3, -0.25) is 9.78 Å². The first-order valence-electron chi connectivity index (χ1n) is 6.66. The Labute approximate surface area is 123 Å². The monoisotopic (exact) mass is 280 g/mol. The Morgan fingerprint density at radius 3 is 2.81 bits per heavy atom. The molecule has 0 atom stereocenters. The number of nitriles is 1. The lowest BCUT2D eigenvalue weighted by Gasteiger charge is -2.12. The molecule has 0 bridgehead atoms. The lowest BCUT2D eigenvalue weighted by Crippen LogP contribution is -2.16. The number of carbonyl (C=O) groups is 1. The highest BCUT2D eigenvalue weighted by Crippen LogP contribution is 2.19. The van der Waals surface area contributed by atoms with Crippen LogP contribution in [0.15, 0.2) is 36.5 Å². The second kappa shape index (κ2) is 6.53. The fourth-order valence-electron chi connectivity index (χ4n) is 1.96. The third-order valence-electron chi connectivity index (χ3n) is 2.95. The van der Waals surface area contributed by atoms with Crippen molar-refractivity contribution in [2.45, 2.75) is 13.8 Å². The van der Waals surface area contributed by atoms with Crippen LogP contribution in [0.2, 0.25) is 0 Å². The van der Waals surface area contributed by atoms with Gasteiger partial charge in [-0.25, -0.2) is 0 Å². The van der Waals surface area contributed by atoms with Crippen LogP contribution in [0.4, 0.5) is 11.4 Å². The molecule has 0 saturated heterocycles. The Kier molecular flexibility index (Phi) is 4.52. The summed E-state index contributed by atoms with van der Waals surface area (Å²) in [6, 6.07) is 10.8. The first-order chi connectivity index (χ1) is 10.2. The van der Waals surface area contributed by atoms with Gasteiger partial charge in [-0.2, -0.15) is 5.26 Å². The van der Waals surface area contributed by atoms with Crippen molar-refractivity contribution >= 4 is 17.3 Å². The summed E-state index contributed by atoms with van der Waals surface area (Å²) in [4.78, 5) is 16.6. The smallest absolute Gasteiger partial charge is 0.259 e. The van der Waals surface area contributed by atoms with E-state index in [0.29, 0.717) is 23.4 Å². The minimum absolute atomic E-state index is 0.291. The van der Waals surface area contributed by atoms with E-state index in [-0.39, 0.29) is 5.91 Å². The number of carbonyl (C=O) groups excluding carboxylic acids is 1. The topological polar surface area (TPSA) is 77.8 Å². The van der Waals surface area contributed by atoms with Crippen LogP contribution in [-0.4, -0.2) is 17.4 Å². The number of aryl methyl sites for hydroxylation is 1. The molecule has 2 aromatic rings. The quantitative estimate of drug-likeness (QED) is 0.902. The number of anilines is 2. The van der Waals surface area contributed by atoms with Gasteiger partial charge in [0.2, 0.25) is 0 Å². The van der Waals surface area contributed by atoms with Crippen LogP contribution in [0.25, 0.3) is 0 Å². The SMILES string of the molecule is CCNc1cc(C)ncc1C(=O)Nc1ccccc1C#N. The van der Waals surface area contributed by atoms with E-state index in [1.165, 1.54) is 6.20 Å². The fraction of sp³-hybridized carbons (Fsp3) is 0.188. The van der Waals surface area contributed by atoms with E-state index >= 15 is 0 Å². The molecule has 0 unspecified atom stereocenters. The van der Waals surface area contributed by atoms with Gasteiger partial charge in [-0.1, -0.05) is 12.1 Å². The summed E-state index contributed by atoms with van der Waals surface area (Å²) in [5.41, 5.74) is 2.94. The van der Waals surface area contributed by atoms with Crippen molar-refractivity contribution in [3.63, 3.8) is 0 Å². The highest BCUT2D eigenvalue weighted by atomic mass is 16.1. The van der Waals surface area contributed by atoms with Gasteiger partial charge in [-0.15, -0.1) is 0 Å². The van der Waals surface area contributed by atoms with Crippen LogP contribution >= 0.6 is 0 Å². The van der Waals surface area contributed by atoms with Crippen molar-refractivity contribution < 1.29 is 4.79 Å². The largest absolute Gasteiger partial charge is 0.385 e. The molecule has 1 heterocycles. The standard InChI is InChI=1S/C16H16N4O/c1-3-18-15-8-11(2)19-10-13(15)16(21)20-14-7-5-4-6-12(14)9-17/h4-8,10H,3H2,1-2H3,(H,18,19)(H,20,21). The molecule has 1 aromatic heterocycles. The number of nitrogens with zero attached hydrogens (tertiary/aromatic N) is 2. The predicted octanol–water partition coefficient (Wildman–Crippen LogP) is 2.95. The Hall–Kier alpha value is -2.87. The summed E-state index contributed by atoms with van der Waals surface area (Å²) in [6.07, 6.45) is 1.54. The van der Waals surface area contributed by atoms with Gasteiger partial charge in [0.15, 0.2) is 0 Å². The van der Waals surface area contributed by atoms with Gasteiger partial charge in [0, 0.05) is 18.4 Å². The van der Waals surface area contributed by atoms with Crippen LogP contribution in [0.5, 0.6) is 0 Å². The third kappa shape index (κ3) is 3.37. The summed E-state index contributed by atoms with van der Waals surface area (Å²) in [7, 11) is 0. The van der Waals surface area contributed by atoms with E-state index in [0.717, 1.165) is 11.4 Å². The molecule has 2 rings (SSSR count). The lowest BCUT2D eigenvalue weighted by molar-refractivity contribution is 0.102. The third-order valence-corrected chi connectivity index (χ3v) is 2.95. The number of amides is 1. The van der Waals surface area contributed by atoms with E-state index < -0.39 is 0 Å². The van der Waals surface area contributed by atoms with Crippen molar-refractivity contribution in [2.75, 3.05) is 17.2 Å². The molecule has 106 valence electrons. The summed E-state index contributed by atoms with van der Waals surface area (Å²) < 4.78 is 0. The van der Waals surface area contributed by atoms with Gasteiger partial charge in [-0.05, 0) is 32.0 Å². The molecule has 2 N–H and O–H groups in total. The molecule has 0 saturated carbocycles. The molecule has 0 radical (unpaired) electrons. The van der Waals surface area contributed by atoms with Crippen LogP contribution in [0.1, 0.15) is 28.5 Å². The zero-order chi connectivity index (χ0) is 15.2. The lowest BCUT2D eigenvalue weighted by atomic mass is 10.1. The van der Waals surface area contributed by atoms with E-state index in [9.17, 15) is 4.79 Å². The number of hydrogen-bond acceptors (Lipinski definition) is 4. The molecular formula is C16H16N4O. The zero-order valence-corrected chi connectivity index (χ0v) is 12.0. The normalized spacial score (nSPS) is 9.76. The van der Waals surface area contributed by atoms with Crippen LogP contribution in [0.3, 0.4) is 0 Å². The molecule has 0 aliphatic heterocycles. The van der Waals surface area contributed by atoms with Gasteiger partial charge >= 0.3 is 0 Å². The molecule has 21 heavy (non-hydrogen) atoms. The van der Waals surface area contributed by atoms with Crippen LogP contribution in [0, 0.1) is 18.3 Å². The Morgan fingerprint density at radius 2 is 2.10 bits per heavy atom. The first-order valence-corrected chi connectivity index (χ1v) is 6.66. The predicted molar refractivity (Wildman–Crippen MR) is 82.2 cm³/mol. The maximum absolute atomic E-state index is 12.4. The van der Waals surface area contributed by atoms with Crippen molar-refractivity contribution in [3.8, 4) is 6.07 Å². The number of hydrogen-bond donors (Lipinski definition) is 2. The molecule has 1 aromatic carbocycles. The number of aromatic nitrogens is 1. The Bertz CT molecular complexity index is 704. The summed E-state index contributed by atoms with van der Waals surface area (Å²) in [5.74, 6) is -0.291. The van der Waals surface area contributed by atoms with Crippen LogP contribution < -0.4 is 10.6 Å². The van der Waals surface area contributed by atoms with Gasteiger partial charge in [0.25, 0.3) is 5.91 Å². The average molecular weight is 280 g/mol. The van der Waals surface area contributed by atoms with E-state index in [1.807, 2.05) is 19.9 Å². The number of nitrogens with one attached hydrogen (secondary N) is 2. The molecule has 1 amide bonds. The number of rotatable bonds is 4. The summed E-state index contributed by atoms with van der Waals surface area (Å²) in [5, 5.41) is 15.0. The van der Waals surface area contributed by atoms with Gasteiger partial charge < -0.3 is 10.6 Å². The molecule has 5 nitrogen and oxygen atoms in total. The molecule has 0 fully saturated rings. The average Bonchev–Trinajstić information content (AvgIpc) is 2.48. The summed E-state index contributed by atoms with van der Waals surface area (Å²) >= 11 is 0. The van der Waals surface area contributed by atoms with Crippen molar-refractivity contribution in [2.24, 2.45) is 0 Å². The second-order valence-corrected chi connectivity index (χ2v) is 4.51. The number of benzene rings is 1. The minimum atomic E-state index is -0.291. The number of pyridine rings is 1. The zero-order valence-electron chi connectivity index (χ0n) is 12.0. The fourth-order valence-corrected chi connectivity index (χ4v) is 1.96. The Balaban J connectivity index is 2.31. The van der Waals surface area contributed by atoms with E-state index in [2.05, 4.69) is 21.7 Å². The second-order valence-electron chi connectivity index (χ2n) is 4.51. The van der Waals surface area contributed by atoms with Crippen molar-refractivity contribution in [1.29, 1.82) is 5.26 Å². The van der Waals surface area contributed by atoms with Crippen molar-refractivity contribution in [1.82, 2.24) is 4.98 Å². The van der Waals surface area contributed by atoms with E-state index in [1.54, 1.807) is 24.3 Å². The van der Waals surface area contributed by atoms with Gasteiger partial charge in [0.05, 0.1) is 22.5 Å². The number of para-hydroxylation sites is 1. The van der Waals surface area contributed by atoms with Gasteiger partial charge in [0.1, 0.15) is 6.07 Å². The van der Waals surface area contributed by atoms with E-state index in [4.69, 9.17) is 5.26 Å². The molecular weight excluding hydrogens is 264 g/mol. The Morgan fingerprint density at radius 1 is 1.33 bits per heavy atom. The summed E-state index contributed by atoms with van der Waals surface area (Å²) in [6.45, 7) is 4.54. The maximum atomic E-state index is 12.4.